The van der Waals surface area contributed by atoms with E-state index in [0.29, 0.717) is 25.1 Å². The Balaban J connectivity index is 1.82. The van der Waals surface area contributed by atoms with E-state index in [9.17, 15) is 0 Å². The van der Waals surface area contributed by atoms with E-state index in [0.717, 1.165) is 44.9 Å². The van der Waals surface area contributed by atoms with Crippen LogP contribution in [-0.4, -0.2) is 48.9 Å². The van der Waals surface area contributed by atoms with Crippen LogP contribution in [0.15, 0.2) is 12.3 Å². The maximum Gasteiger partial charge on any atom is 0.228 e. The van der Waals surface area contributed by atoms with Gasteiger partial charge in [-0.1, -0.05) is 0 Å². The summed E-state index contributed by atoms with van der Waals surface area (Å²) in [5.41, 5.74) is 5.46. The lowest BCUT2D eigenvalue weighted by molar-refractivity contribution is 0.0364. The molecular formula is C14H24N4O2. The molecule has 1 aliphatic heterocycles. The Hall–Kier alpha value is -1.40. The molecule has 1 saturated heterocycles. The Labute approximate surface area is 120 Å². The number of aromatic nitrogens is 2. The van der Waals surface area contributed by atoms with Crippen molar-refractivity contribution in [3.05, 3.63) is 12.3 Å². The number of ether oxygens (including phenoxy) is 2. The SMILES string of the molecule is CCOc1ccnc(N2CCC(OCCCN)CC2)n1. The predicted molar refractivity (Wildman–Crippen MR) is 78.1 cm³/mol. The molecule has 1 aromatic rings. The van der Waals surface area contributed by atoms with Crippen molar-refractivity contribution in [3.8, 4) is 5.88 Å². The van der Waals surface area contributed by atoms with Crippen LogP contribution in [-0.2, 0) is 4.74 Å². The zero-order valence-electron chi connectivity index (χ0n) is 12.1. The first-order valence-corrected chi connectivity index (χ1v) is 7.36. The van der Waals surface area contributed by atoms with E-state index in [-0.39, 0.29) is 0 Å². The van der Waals surface area contributed by atoms with Gasteiger partial charge in [0, 0.05) is 32.0 Å². The topological polar surface area (TPSA) is 73.5 Å². The largest absolute Gasteiger partial charge is 0.478 e. The van der Waals surface area contributed by atoms with Crippen molar-refractivity contribution in [1.82, 2.24) is 9.97 Å². The smallest absolute Gasteiger partial charge is 0.228 e. The number of nitrogens with zero attached hydrogens (tertiary/aromatic N) is 3. The Morgan fingerprint density at radius 1 is 1.40 bits per heavy atom. The summed E-state index contributed by atoms with van der Waals surface area (Å²) in [6.45, 7) is 5.86. The van der Waals surface area contributed by atoms with Gasteiger partial charge in [-0.15, -0.1) is 0 Å². The molecule has 1 fully saturated rings. The number of anilines is 1. The fourth-order valence-corrected chi connectivity index (χ4v) is 2.27. The lowest BCUT2D eigenvalue weighted by atomic mass is 10.1. The van der Waals surface area contributed by atoms with Gasteiger partial charge in [0.2, 0.25) is 11.8 Å². The van der Waals surface area contributed by atoms with Crippen LogP contribution in [0.25, 0.3) is 0 Å². The van der Waals surface area contributed by atoms with Crippen LogP contribution in [0.1, 0.15) is 26.2 Å². The predicted octanol–water partition coefficient (Wildman–Crippen LogP) is 1.21. The van der Waals surface area contributed by atoms with Crippen LogP contribution in [0.4, 0.5) is 5.95 Å². The molecule has 2 heterocycles. The Bertz CT molecular complexity index is 395. The minimum atomic E-state index is 0.341. The van der Waals surface area contributed by atoms with Gasteiger partial charge in [-0.3, -0.25) is 0 Å². The van der Waals surface area contributed by atoms with Crippen molar-refractivity contribution < 1.29 is 9.47 Å². The van der Waals surface area contributed by atoms with E-state index >= 15 is 0 Å². The summed E-state index contributed by atoms with van der Waals surface area (Å²) in [7, 11) is 0. The first-order chi connectivity index (χ1) is 9.83. The van der Waals surface area contributed by atoms with Gasteiger partial charge < -0.3 is 20.1 Å². The first kappa shape index (κ1) is 15.0. The van der Waals surface area contributed by atoms with Crippen LogP contribution in [0.5, 0.6) is 5.88 Å². The zero-order valence-corrected chi connectivity index (χ0v) is 12.1. The average Bonchev–Trinajstić information content (AvgIpc) is 2.49. The third-order valence-corrected chi connectivity index (χ3v) is 3.34. The van der Waals surface area contributed by atoms with Crippen LogP contribution in [0, 0.1) is 0 Å². The normalized spacial score (nSPS) is 16.4. The van der Waals surface area contributed by atoms with Crippen LogP contribution in [0.3, 0.4) is 0 Å². The van der Waals surface area contributed by atoms with E-state index in [2.05, 4.69) is 14.9 Å². The third-order valence-electron chi connectivity index (χ3n) is 3.34. The maximum atomic E-state index is 5.80. The van der Waals surface area contributed by atoms with E-state index < -0.39 is 0 Å². The van der Waals surface area contributed by atoms with Crippen LogP contribution < -0.4 is 15.4 Å². The van der Waals surface area contributed by atoms with Gasteiger partial charge in [0.25, 0.3) is 0 Å². The molecule has 6 heteroatoms. The Kier molecular flexibility index (Phi) is 6.01. The molecule has 0 bridgehead atoms. The van der Waals surface area contributed by atoms with Gasteiger partial charge in [0.15, 0.2) is 0 Å². The van der Waals surface area contributed by atoms with E-state index in [1.54, 1.807) is 12.3 Å². The van der Waals surface area contributed by atoms with Crippen molar-refractivity contribution in [1.29, 1.82) is 0 Å². The summed E-state index contributed by atoms with van der Waals surface area (Å²) in [5, 5.41) is 0. The molecule has 0 atom stereocenters. The second kappa shape index (κ2) is 8.01. The summed E-state index contributed by atoms with van der Waals surface area (Å²) < 4.78 is 11.2. The summed E-state index contributed by atoms with van der Waals surface area (Å²) in [5.74, 6) is 1.38. The van der Waals surface area contributed by atoms with Crippen molar-refractivity contribution >= 4 is 5.95 Å². The first-order valence-electron chi connectivity index (χ1n) is 7.36. The van der Waals surface area contributed by atoms with Gasteiger partial charge >= 0.3 is 0 Å². The molecule has 0 aromatic carbocycles. The molecule has 0 radical (unpaired) electrons. The molecular weight excluding hydrogens is 256 g/mol. The maximum absolute atomic E-state index is 5.80. The van der Waals surface area contributed by atoms with Gasteiger partial charge in [0.05, 0.1) is 12.7 Å². The molecule has 112 valence electrons. The minimum absolute atomic E-state index is 0.341. The number of rotatable bonds is 7. The Morgan fingerprint density at radius 3 is 2.90 bits per heavy atom. The second-order valence-electron chi connectivity index (χ2n) is 4.83. The summed E-state index contributed by atoms with van der Waals surface area (Å²) >= 11 is 0. The minimum Gasteiger partial charge on any atom is -0.478 e. The van der Waals surface area contributed by atoms with Gasteiger partial charge in [-0.05, 0) is 32.7 Å². The standard InChI is InChI=1S/C14H24N4O2/c1-2-19-13-4-8-16-14(17-13)18-9-5-12(6-10-18)20-11-3-7-15/h4,8,12H,2-3,5-7,9-11,15H2,1H3. The fourth-order valence-electron chi connectivity index (χ4n) is 2.27. The monoisotopic (exact) mass is 280 g/mol. The van der Waals surface area contributed by atoms with E-state index in [1.807, 2.05) is 6.92 Å². The van der Waals surface area contributed by atoms with Crippen molar-refractivity contribution in [3.63, 3.8) is 0 Å². The molecule has 0 amide bonds. The van der Waals surface area contributed by atoms with Crippen LogP contribution >= 0.6 is 0 Å². The van der Waals surface area contributed by atoms with Crippen LogP contribution in [0.2, 0.25) is 0 Å². The molecule has 6 nitrogen and oxygen atoms in total. The molecule has 20 heavy (non-hydrogen) atoms. The molecule has 0 aliphatic carbocycles. The highest BCUT2D eigenvalue weighted by molar-refractivity contribution is 5.32. The molecule has 0 saturated carbocycles. The highest BCUT2D eigenvalue weighted by Gasteiger charge is 2.21. The van der Waals surface area contributed by atoms with Crippen molar-refractivity contribution in [2.75, 3.05) is 37.7 Å². The number of piperidine rings is 1. The van der Waals surface area contributed by atoms with Crippen molar-refractivity contribution in [2.24, 2.45) is 5.73 Å². The molecule has 1 aromatic heterocycles. The van der Waals surface area contributed by atoms with Crippen molar-refractivity contribution in [2.45, 2.75) is 32.3 Å². The highest BCUT2D eigenvalue weighted by atomic mass is 16.5. The second-order valence-corrected chi connectivity index (χ2v) is 4.83. The average molecular weight is 280 g/mol. The summed E-state index contributed by atoms with van der Waals surface area (Å²) in [6, 6.07) is 1.79. The van der Waals surface area contributed by atoms with E-state index in [1.165, 1.54) is 0 Å². The number of hydrogen-bond donors (Lipinski definition) is 1. The summed E-state index contributed by atoms with van der Waals surface area (Å²) in [6.07, 6.45) is 5.03. The highest BCUT2D eigenvalue weighted by Crippen LogP contribution is 2.19. The molecule has 1 aliphatic rings. The molecule has 2 rings (SSSR count). The quantitative estimate of drug-likeness (QED) is 0.757. The Morgan fingerprint density at radius 2 is 2.20 bits per heavy atom. The lowest BCUT2D eigenvalue weighted by Gasteiger charge is -2.31. The number of hydrogen-bond acceptors (Lipinski definition) is 6. The molecule has 0 spiro atoms. The lowest BCUT2D eigenvalue weighted by Crippen LogP contribution is -2.38. The number of nitrogens with two attached hydrogens (primary N) is 1. The van der Waals surface area contributed by atoms with E-state index in [4.69, 9.17) is 15.2 Å². The van der Waals surface area contributed by atoms with Gasteiger partial charge in [-0.25, -0.2) is 4.98 Å². The summed E-state index contributed by atoms with van der Waals surface area (Å²) in [4.78, 5) is 10.9. The zero-order chi connectivity index (χ0) is 14.2. The van der Waals surface area contributed by atoms with Gasteiger partial charge in [0.1, 0.15) is 0 Å². The molecule has 2 N–H and O–H groups in total. The van der Waals surface area contributed by atoms with Gasteiger partial charge in [-0.2, -0.15) is 4.98 Å². The third kappa shape index (κ3) is 4.31. The molecule has 0 unspecified atom stereocenters. The fraction of sp³-hybridized carbons (Fsp3) is 0.714.